The first-order chi connectivity index (χ1) is 9.28. The molecule has 0 saturated heterocycles. The summed E-state index contributed by atoms with van der Waals surface area (Å²) in [4.78, 5) is 2.15. The van der Waals surface area contributed by atoms with Gasteiger partial charge in [0.25, 0.3) is 0 Å². The second-order valence-electron chi connectivity index (χ2n) is 4.89. The third kappa shape index (κ3) is 4.43. The number of rotatable bonds is 7. The molecule has 0 aliphatic carbocycles. The topological polar surface area (TPSA) is 60.9 Å². The molecule has 1 aromatic carbocycles. The minimum atomic E-state index is -3.54. The summed E-state index contributed by atoms with van der Waals surface area (Å²) < 4.78 is 26.0. The first kappa shape index (κ1) is 17.4. The first-order valence-electron chi connectivity index (χ1n) is 6.29. The summed E-state index contributed by atoms with van der Waals surface area (Å²) in [7, 11) is 1.91. The van der Waals surface area contributed by atoms with Crippen LogP contribution >= 0.6 is 11.6 Å². The van der Waals surface area contributed by atoms with Crippen molar-refractivity contribution >= 4 is 21.6 Å². The number of aliphatic hydroxyl groups excluding tert-OH is 1. The van der Waals surface area contributed by atoms with Crippen molar-refractivity contribution in [3.63, 3.8) is 0 Å². The molecule has 1 N–H and O–H groups in total. The smallest absolute Gasteiger partial charge is 0.242 e. The lowest BCUT2D eigenvalue weighted by molar-refractivity contribution is 0.282. The van der Waals surface area contributed by atoms with Gasteiger partial charge in [0.15, 0.2) is 0 Å². The number of halogens is 1. The zero-order valence-corrected chi connectivity index (χ0v) is 13.6. The standard InChI is InChI=1S/C13H21ClN2O3S/c1-15(2)7-4-8-16(3)20(18,19)12-6-5-11(10-17)13(14)9-12/h5-6,9,17H,4,7-8,10H2,1-3H3. The van der Waals surface area contributed by atoms with Gasteiger partial charge in [-0.3, -0.25) is 0 Å². The van der Waals surface area contributed by atoms with E-state index in [2.05, 4.69) is 0 Å². The van der Waals surface area contributed by atoms with Crippen molar-refractivity contribution in [2.24, 2.45) is 0 Å². The average Bonchev–Trinajstić information content (AvgIpc) is 2.37. The summed E-state index contributed by atoms with van der Waals surface area (Å²) in [5.74, 6) is 0. The van der Waals surface area contributed by atoms with E-state index in [1.807, 2.05) is 19.0 Å². The van der Waals surface area contributed by atoms with Crippen molar-refractivity contribution in [2.75, 3.05) is 34.2 Å². The predicted molar refractivity (Wildman–Crippen MR) is 80.4 cm³/mol. The Bertz CT molecular complexity index is 547. The third-order valence-corrected chi connectivity index (χ3v) is 5.19. The summed E-state index contributed by atoms with van der Waals surface area (Å²) in [6.45, 7) is 1.06. The number of nitrogens with zero attached hydrogens (tertiary/aromatic N) is 2. The van der Waals surface area contributed by atoms with Gasteiger partial charge in [-0.25, -0.2) is 12.7 Å². The number of benzene rings is 1. The monoisotopic (exact) mass is 320 g/mol. The van der Waals surface area contributed by atoms with E-state index in [-0.39, 0.29) is 16.5 Å². The van der Waals surface area contributed by atoms with Gasteiger partial charge in [0.1, 0.15) is 0 Å². The van der Waals surface area contributed by atoms with Crippen LogP contribution in [0.1, 0.15) is 12.0 Å². The Morgan fingerprint density at radius 3 is 2.35 bits per heavy atom. The molecule has 0 bridgehead atoms. The zero-order chi connectivity index (χ0) is 15.3. The van der Waals surface area contributed by atoms with Crippen molar-refractivity contribution in [3.05, 3.63) is 28.8 Å². The van der Waals surface area contributed by atoms with Gasteiger partial charge in [-0.2, -0.15) is 0 Å². The van der Waals surface area contributed by atoms with Gasteiger partial charge in [0, 0.05) is 18.6 Å². The molecule has 1 aromatic rings. The van der Waals surface area contributed by atoms with E-state index in [0.29, 0.717) is 12.1 Å². The van der Waals surface area contributed by atoms with Crippen molar-refractivity contribution in [1.29, 1.82) is 0 Å². The van der Waals surface area contributed by atoms with Gasteiger partial charge in [-0.15, -0.1) is 0 Å². The summed E-state index contributed by atoms with van der Waals surface area (Å²) in [6, 6.07) is 4.38. The Morgan fingerprint density at radius 2 is 1.85 bits per heavy atom. The molecule has 0 aliphatic heterocycles. The average molecular weight is 321 g/mol. The largest absolute Gasteiger partial charge is 0.392 e. The minimum Gasteiger partial charge on any atom is -0.392 e. The molecule has 0 atom stereocenters. The van der Waals surface area contributed by atoms with Gasteiger partial charge >= 0.3 is 0 Å². The lowest BCUT2D eigenvalue weighted by Gasteiger charge is -2.19. The van der Waals surface area contributed by atoms with Crippen molar-refractivity contribution in [2.45, 2.75) is 17.9 Å². The summed E-state index contributed by atoms with van der Waals surface area (Å²) in [5.41, 5.74) is 0.515. The molecule has 0 fully saturated rings. The molecule has 0 aromatic heterocycles. The van der Waals surface area contributed by atoms with Crippen LogP contribution in [0, 0.1) is 0 Å². The van der Waals surface area contributed by atoms with E-state index in [0.717, 1.165) is 13.0 Å². The normalized spacial score (nSPS) is 12.3. The molecule has 1 rings (SSSR count). The van der Waals surface area contributed by atoms with E-state index in [1.54, 1.807) is 7.05 Å². The van der Waals surface area contributed by atoms with Crippen LogP contribution in [0.15, 0.2) is 23.1 Å². The highest BCUT2D eigenvalue weighted by Gasteiger charge is 2.21. The van der Waals surface area contributed by atoms with Crippen molar-refractivity contribution < 1.29 is 13.5 Å². The maximum absolute atomic E-state index is 12.4. The van der Waals surface area contributed by atoms with E-state index in [1.165, 1.54) is 22.5 Å². The van der Waals surface area contributed by atoms with Crippen LogP contribution < -0.4 is 0 Å². The minimum absolute atomic E-state index is 0.145. The quantitative estimate of drug-likeness (QED) is 0.825. The summed E-state index contributed by atoms with van der Waals surface area (Å²) in [5, 5.41) is 9.30. The van der Waals surface area contributed by atoms with Gasteiger partial charge in [0.05, 0.1) is 11.5 Å². The van der Waals surface area contributed by atoms with E-state index < -0.39 is 10.0 Å². The number of hydrogen-bond acceptors (Lipinski definition) is 4. The molecule has 0 aliphatic rings. The van der Waals surface area contributed by atoms with Crippen LogP contribution in [0.4, 0.5) is 0 Å². The van der Waals surface area contributed by atoms with E-state index >= 15 is 0 Å². The van der Waals surface area contributed by atoms with E-state index in [4.69, 9.17) is 16.7 Å². The van der Waals surface area contributed by atoms with Crippen molar-refractivity contribution in [1.82, 2.24) is 9.21 Å². The fourth-order valence-electron chi connectivity index (χ4n) is 1.73. The Morgan fingerprint density at radius 1 is 1.20 bits per heavy atom. The second-order valence-corrected chi connectivity index (χ2v) is 7.35. The highest BCUT2D eigenvalue weighted by molar-refractivity contribution is 7.89. The molecule has 7 heteroatoms. The SMILES string of the molecule is CN(C)CCCN(C)S(=O)(=O)c1ccc(CO)c(Cl)c1. The van der Waals surface area contributed by atoms with Crippen LogP contribution in [0.25, 0.3) is 0 Å². The Kier molecular flexibility index (Phi) is 6.42. The molecule has 0 amide bonds. The first-order valence-corrected chi connectivity index (χ1v) is 8.11. The number of hydrogen-bond donors (Lipinski definition) is 1. The van der Waals surface area contributed by atoms with Gasteiger partial charge in [-0.1, -0.05) is 17.7 Å². The maximum atomic E-state index is 12.4. The molecular weight excluding hydrogens is 300 g/mol. The highest BCUT2D eigenvalue weighted by atomic mass is 35.5. The molecule has 0 heterocycles. The molecule has 5 nitrogen and oxygen atoms in total. The Hall–Kier alpha value is -0.660. The molecule has 114 valence electrons. The van der Waals surface area contributed by atoms with Gasteiger partial charge in [0.2, 0.25) is 10.0 Å². The number of sulfonamides is 1. The third-order valence-electron chi connectivity index (χ3n) is 2.98. The maximum Gasteiger partial charge on any atom is 0.242 e. The van der Waals surface area contributed by atoms with Crippen LogP contribution in [0.3, 0.4) is 0 Å². The Balaban J connectivity index is 2.84. The second kappa shape index (κ2) is 7.38. The fourth-order valence-corrected chi connectivity index (χ4v) is 3.27. The molecular formula is C13H21ClN2O3S. The molecule has 0 radical (unpaired) electrons. The molecule has 0 saturated carbocycles. The Labute approximate surface area is 125 Å². The van der Waals surface area contributed by atoms with Crippen LogP contribution in [0.2, 0.25) is 5.02 Å². The number of aliphatic hydroxyl groups is 1. The fraction of sp³-hybridized carbons (Fsp3) is 0.538. The molecule has 20 heavy (non-hydrogen) atoms. The molecule has 0 spiro atoms. The van der Waals surface area contributed by atoms with Gasteiger partial charge in [-0.05, 0) is 44.8 Å². The van der Waals surface area contributed by atoms with Crippen LogP contribution in [-0.4, -0.2) is 57.0 Å². The lowest BCUT2D eigenvalue weighted by atomic mass is 10.2. The molecule has 0 unspecified atom stereocenters. The van der Waals surface area contributed by atoms with Crippen LogP contribution in [-0.2, 0) is 16.6 Å². The lowest BCUT2D eigenvalue weighted by Crippen LogP contribution is -2.30. The summed E-state index contributed by atoms with van der Waals surface area (Å²) in [6.07, 6.45) is 0.755. The summed E-state index contributed by atoms with van der Waals surface area (Å²) >= 11 is 5.94. The van der Waals surface area contributed by atoms with Crippen LogP contribution in [0.5, 0.6) is 0 Å². The van der Waals surface area contributed by atoms with Gasteiger partial charge < -0.3 is 10.0 Å². The van der Waals surface area contributed by atoms with E-state index in [9.17, 15) is 8.42 Å². The zero-order valence-electron chi connectivity index (χ0n) is 12.0. The predicted octanol–water partition coefficient (Wildman–Crippen LogP) is 1.40. The van der Waals surface area contributed by atoms with Crippen molar-refractivity contribution in [3.8, 4) is 0 Å². The highest BCUT2D eigenvalue weighted by Crippen LogP contribution is 2.22.